The summed E-state index contributed by atoms with van der Waals surface area (Å²) in [6, 6.07) is 15.0. The second-order valence-corrected chi connectivity index (χ2v) is 7.85. The van der Waals surface area contributed by atoms with Gasteiger partial charge in [0.2, 0.25) is 0 Å². The van der Waals surface area contributed by atoms with Crippen molar-refractivity contribution in [1.29, 1.82) is 0 Å². The fourth-order valence-electron chi connectivity index (χ4n) is 3.59. The molecular weight excluding hydrogens is 368 g/mol. The molecule has 2 aromatic carbocycles. The minimum Gasteiger partial charge on any atom is -0.369 e. The summed E-state index contributed by atoms with van der Waals surface area (Å²) in [5.41, 5.74) is 5.57. The lowest BCUT2D eigenvalue weighted by atomic mass is 10.1. The van der Waals surface area contributed by atoms with Crippen LogP contribution in [-0.2, 0) is 7.05 Å². The largest absolute Gasteiger partial charge is 0.369 e. The van der Waals surface area contributed by atoms with Crippen LogP contribution >= 0.6 is 11.3 Å². The van der Waals surface area contributed by atoms with Gasteiger partial charge in [-0.1, -0.05) is 12.1 Å². The van der Waals surface area contributed by atoms with Crippen molar-refractivity contribution in [1.82, 2.24) is 20.1 Å². The number of nitrogens with zero attached hydrogens (tertiary/aromatic N) is 4. The number of nitrogens with one attached hydrogen (secondary N) is 2. The summed E-state index contributed by atoms with van der Waals surface area (Å²) in [6.07, 6.45) is 1.88. The smallest absolute Gasteiger partial charge is 0.187 e. The summed E-state index contributed by atoms with van der Waals surface area (Å²) in [4.78, 5) is 7.19. The molecule has 1 aliphatic rings. The van der Waals surface area contributed by atoms with E-state index < -0.39 is 0 Å². The second-order valence-electron chi connectivity index (χ2n) is 6.99. The molecule has 0 amide bonds. The Morgan fingerprint density at radius 1 is 1.07 bits per heavy atom. The molecule has 4 aromatic rings. The van der Waals surface area contributed by atoms with Crippen LogP contribution in [0.2, 0.25) is 0 Å². The summed E-state index contributed by atoms with van der Waals surface area (Å²) >= 11 is 1.62. The van der Waals surface area contributed by atoms with Gasteiger partial charge in [-0.25, -0.2) is 4.98 Å². The SMILES string of the molecule is Cn1ncc2cc(Nc3nc(-c4ccc(N5CCNCC5)cc4)cs3)ccc21. The number of rotatable bonds is 4. The third kappa shape index (κ3) is 3.34. The number of hydrogen-bond donors (Lipinski definition) is 2. The third-order valence-electron chi connectivity index (χ3n) is 5.15. The number of hydrogen-bond acceptors (Lipinski definition) is 6. The number of aromatic nitrogens is 3. The highest BCUT2D eigenvalue weighted by atomic mass is 32.1. The van der Waals surface area contributed by atoms with Gasteiger partial charge >= 0.3 is 0 Å². The van der Waals surface area contributed by atoms with E-state index in [1.165, 1.54) is 5.69 Å². The number of piperazine rings is 1. The van der Waals surface area contributed by atoms with Gasteiger partial charge in [-0.05, 0) is 30.3 Å². The Morgan fingerprint density at radius 3 is 2.71 bits per heavy atom. The van der Waals surface area contributed by atoms with E-state index >= 15 is 0 Å². The topological polar surface area (TPSA) is 58.0 Å². The van der Waals surface area contributed by atoms with Gasteiger partial charge in [-0.15, -0.1) is 11.3 Å². The van der Waals surface area contributed by atoms with E-state index in [0.29, 0.717) is 0 Å². The van der Waals surface area contributed by atoms with Crippen molar-refractivity contribution in [2.45, 2.75) is 0 Å². The van der Waals surface area contributed by atoms with E-state index in [9.17, 15) is 0 Å². The molecule has 1 saturated heterocycles. The Morgan fingerprint density at radius 2 is 1.89 bits per heavy atom. The van der Waals surface area contributed by atoms with E-state index in [2.05, 4.69) is 68.5 Å². The Hall–Kier alpha value is -2.90. The first-order chi connectivity index (χ1) is 13.8. The van der Waals surface area contributed by atoms with Crippen molar-refractivity contribution in [3.8, 4) is 11.3 Å². The Labute approximate surface area is 167 Å². The van der Waals surface area contributed by atoms with Crippen molar-refractivity contribution in [2.75, 3.05) is 36.4 Å². The van der Waals surface area contributed by atoms with Crippen LogP contribution < -0.4 is 15.5 Å². The average Bonchev–Trinajstić information content (AvgIpc) is 3.36. The highest BCUT2D eigenvalue weighted by molar-refractivity contribution is 7.14. The molecule has 6 nitrogen and oxygen atoms in total. The number of benzene rings is 2. The number of fused-ring (bicyclic) bond motifs is 1. The molecule has 0 atom stereocenters. The molecule has 1 fully saturated rings. The zero-order valence-electron chi connectivity index (χ0n) is 15.7. The highest BCUT2D eigenvalue weighted by Gasteiger charge is 2.11. The van der Waals surface area contributed by atoms with Crippen LogP contribution in [0.15, 0.2) is 54.0 Å². The minimum atomic E-state index is 0.893. The molecule has 0 saturated carbocycles. The maximum Gasteiger partial charge on any atom is 0.187 e. The first-order valence-corrected chi connectivity index (χ1v) is 10.3. The molecule has 7 heteroatoms. The van der Waals surface area contributed by atoms with Gasteiger partial charge in [-0.2, -0.15) is 5.10 Å². The minimum absolute atomic E-state index is 0.893. The zero-order chi connectivity index (χ0) is 18.9. The van der Waals surface area contributed by atoms with E-state index in [1.807, 2.05) is 17.9 Å². The third-order valence-corrected chi connectivity index (χ3v) is 5.90. The van der Waals surface area contributed by atoms with Crippen LogP contribution in [0, 0.1) is 0 Å². The summed E-state index contributed by atoms with van der Waals surface area (Å²) in [7, 11) is 1.95. The van der Waals surface area contributed by atoms with Crippen LogP contribution in [0.5, 0.6) is 0 Å². The first-order valence-electron chi connectivity index (χ1n) is 9.47. The second kappa shape index (κ2) is 7.26. The molecule has 0 spiro atoms. The molecule has 28 heavy (non-hydrogen) atoms. The monoisotopic (exact) mass is 390 g/mol. The van der Waals surface area contributed by atoms with E-state index in [4.69, 9.17) is 4.98 Å². The molecule has 0 bridgehead atoms. The summed E-state index contributed by atoms with van der Waals surface area (Å²) in [6.45, 7) is 4.22. The van der Waals surface area contributed by atoms with Gasteiger partial charge in [0.25, 0.3) is 0 Å². The van der Waals surface area contributed by atoms with Crippen LogP contribution in [0.1, 0.15) is 0 Å². The maximum absolute atomic E-state index is 4.77. The van der Waals surface area contributed by atoms with Gasteiger partial charge in [0.15, 0.2) is 5.13 Å². The Balaban J connectivity index is 1.32. The molecule has 0 radical (unpaired) electrons. The fraction of sp³-hybridized carbons (Fsp3) is 0.238. The lowest BCUT2D eigenvalue weighted by molar-refractivity contribution is 0.589. The molecule has 1 aliphatic heterocycles. The van der Waals surface area contributed by atoms with Gasteiger partial charge < -0.3 is 15.5 Å². The predicted molar refractivity (Wildman–Crippen MR) is 117 cm³/mol. The van der Waals surface area contributed by atoms with Crippen LogP contribution in [0.4, 0.5) is 16.5 Å². The van der Waals surface area contributed by atoms with Crippen LogP contribution in [-0.4, -0.2) is 40.9 Å². The van der Waals surface area contributed by atoms with E-state index in [-0.39, 0.29) is 0 Å². The first kappa shape index (κ1) is 17.2. The van der Waals surface area contributed by atoms with Crippen LogP contribution in [0.25, 0.3) is 22.2 Å². The summed E-state index contributed by atoms with van der Waals surface area (Å²) in [5.74, 6) is 0. The fourth-order valence-corrected chi connectivity index (χ4v) is 4.33. The molecule has 3 heterocycles. The molecule has 0 unspecified atom stereocenters. The highest BCUT2D eigenvalue weighted by Crippen LogP contribution is 2.29. The molecular formula is C21H22N6S. The van der Waals surface area contributed by atoms with Crippen molar-refractivity contribution in [3.05, 3.63) is 54.0 Å². The van der Waals surface area contributed by atoms with E-state index in [1.54, 1.807) is 11.3 Å². The van der Waals surface area contributed by atoms with Crippen molar-refractivity contribution in [2.24, 2.45) is 7.05 Å². The van der Waals surface area contributed by atoms with E-state index in [0.717, 1.165) is 59.2 Å². The van der Waals surface area contributed by atoms with Gasteiger partial charge in [0.1, 0.15) is 0 Å². The summed E-state index contributed by atoms with van der Waals surface area (Å²) < 4.78 is 1.88. The molecule has 2 N–H and O–H groups in total. The van der Waals surface area contributed by atoms with Crippen molar-refractivity contribution in [3.63, 3.8) is 0 Å². The van der Waals surface area contributed by atoms with Crippen LogP contribution in [0.3, 0.4) is 0 Å². The predicted octanol–water partition coefficient (Wildman–Crippen LogP) is 3.85. The normalized spacial score (nSPS) is 14.5. The average molecular weight is 391 g/mol. The number of aryl methyl sites for hydroxylation is 1. The van der Waals surface area contributed by atoms with Crippen molar-refractivity contribution < 1.29 is 0 Å². The maximum atomic E-state index is 4.77. The van der Waals surface area contributed by atoms with Gasteiger partial charge in [0, 0.05) is 60.9 Å². The lowest BCUT2D eigenvalue weighted by Crippen LogP contribution is -2.43. The standard InChI is InChI=1S/C21H22N6S/c1-26-20-7-4-17(12-16(20)13-23-26)24-21-25-19(14-28-21)15-2-5-18(6-3-15)27-10-8-22-9-11-27/h2-7,12-14,22H,8-11H2,1H3,(H,24,25). The molecule has 2 aromatic heterocycles. The van der Waals surface area contributed by atoms with Gasteiger partial charge in [0.05, 0.1) is 17.4 Å². The molecule has 0 aliphatic carbocycles. The number of anilines is 3. The molecule has 142 valence electrons. The quantitative estimate of drug-likeness (QED) is 0.554. The summed E-state index contributed by atoms with van der Waals surface area (Å²) in [5, 5.41) is 15.2. The number of thiazole rings is 1. The zero-order valence-corrected chi connectivity index (χ0v) is 16.5. The lowest BCUT2D eigenvalue weighted by Gasteiger charge is -2.29. The Bertz CT molecular complexity index is 1090. The van der Waals surface area contributed by atoms with Gasteiger partial charge in [-0.3, -0.25) is 4.68 Å². The Kier molecular flexibility index (Phi) is 4.46. The van der Waals surface area contributed by atoms with Crippen molar-refractivity contribution >= 4 is 38.7 Å². The molecule has 5 rings (SSSR count).